The van der Waals surface area contributed by atoms with Crippen LogP contribution in [0.2, 0.25) is 0 Å². The largest absolute Gasteiger partial charge is 0.507 e. The zero-order valence-corrected chi connectivity index (χ0v) is 22.7. The molecule has 5 rings (SSSR count). The lowest BCUT2D eigenvalue weighted by Crippen LogP contribution is -2.31. The van der Waals surface area contributed by atoms with E-state index in [1.807, 2.05) is 30.5 Å². The molecule has 0 radical (unpaired) electrons. The van der Waals surface area contributed by atoms with Crippen molar-refractivity contribution in [3.8, 4) is 23.0 Å². The average molecular weight is 543 g/mol. The number of aliphatic hydroxyl groups is 1. The molecule has 2 heterocycles. The van der Waals surface area contributed by atoms with Crippen molar-refractivity contribution in [3.05, 3.63) is 89.1 Å². The van der Waals surface area contributed by atoms with Crippen LogP contribution in [0.3, 0.4) is 0 Å². The van der Waals surface area contributed by atoms with Crippen molar-refractivity contribution >= 4 is 28.4 Å². The monoisotopic (exact) mass is 542 g/mol. The molecule has 1 aromatic heterocycles. The van der Waals surface area contributed by atoms with Crippen LogP contribution in [0, 0.1) is 0 Å². The number of nitrogens with one attached hydrogen (secondary N) is 1. The zero-order valence-electron chi connectivity index (χ0n) is 22.7. The van der Waals surface area contributed by atoms with E-state index < -0.39 is 17.7 Å². The Balaban J connectivity index is 1.58. The first-order valence-corrected chi connectivity index (χ1v) is 12.7. The highest BCUT2D eigenvalue weighted by atomic mass is 16.5. The maximum absolute atomic E-state index is 13.5. The van der Waals surface area contributed by atoms with Gasteiger partial charge in [-0.05, 0) is 66.1 Å². The van der Waals surface area contributed by atoms with Gasteiger partial charge in [-0.3, -0.25) is 9.59 Å². The van der Waals surface area contributed by atoms with Crippen molar-refractivity contribution in [3.63, 3.8) is 0 Å². The number of carbonyl (C=O) groups excluding carboxylic acids is 2. The molecule has 1 aliphatic rings. The van der Waals surface area contributed by atoms with Crippen LogP contribution in [-0.4, -0.2) is 61.7 Å². The second kappa shape index (κ2) is 11.1. The van der Waals surface area contributed by atoms with E-state index in [9.17, 15) is 14.7 Å². The number of aromatic nitrogens is 1. The molecular weight excluding hydrogens is 512 g/mol. The number of ether oxygens (including phenoxy) is 4. The normalized spacial score (nSPS) is 16.4. The predicted molar refractivity (Wildman–Crippen MR) is 150 cm³/mol. The summed E-state index contributed by atoms with van der Waals surface area (Å²) in [5.74, 6) is 0.394. The molecule has 9 heteroatoms. The van der Waals surface area contributed by atoms with E-state index in [2.05, 4.69) is 4.98 Å². The van der Waals surface area contributed by atoms with Crippen LogP contribution in [0.15, 0.2) is 72.4 Å². The lowest BCUT2D eigenvalue weighted by Gasteiger charge is -2.25. The zero-order chi connectivity index (χ0) is 28.4. The van der Waals surface area contributed by atoms with Crippen molar-refractivity contribution in [2.75, 3.05) is 35.0 Å². The maximum atomic E-state index is 13.5. The minimum Gasteiger partial charge on any atom is -0.507 e. The molecule has 0 bridgehead atoms. The number of benzene rings is 3. The molecule has 1 amide bonds. The summed E-state index contributed by atoms with van der Waals surface area (Å²) in [6.45, 7) is 0.235. The average Bonchev–Trinajstić information content (AvgIpc) is 3.52. The fourth-order valence-corrected chi connectivity index (χ4v) is 5.14. The van der Waals surface area contributed by atoms with Crippen LogP contribution in [0.5, 0.6) is 23.0 Å². The van der Waals surface area contributed by atoms with E-state index in [0.29, 0.717) is 34.8 Å². The van der Waals surface area contributed by atoms with Gasteiger partial charge in [0.25, 0.3) is 11.7 Å². The Bertz CT molecular complexity index is 1620. The minimum atomic E-state index is -0.831. The van der Waals surface area contributed by atoms with Crippen LogP contribution < -0.4 is 18.9 Å². The fraction of sp³-hybridized carbons (Fsp3) is 0.226. The molecule has 0 unspecified atom stereocenters. The van der Waals surface area contributed by atoms with Gasteiger partial charge in [0.2, 0.25) is 0 Å². The summed E-state index contributed by atoms with van der Waals surface area (Å²) in [6, 6.07) is 16.9. The van der Waals surface area contributed by atoms with Crippen molar-refractivity contribution in [2.45, 2.75) is 12.5 Å². The SMILES string of the molecule is COc1cccc([C@H]2C(=C(O)c3ccc(OC)c(OC)c3)C(=O)C(=O)N2CCc2c[nH]c3ccc(OC)cc23)c1. The number of fused-ring (bicyclic) bond motifs is 1. The molecule has 9 nitrogen and oxygen atoms in total. The van der Waals surface area contributed by atoms with E-state index in [-0.39, 0.29) is 17.9 Å². The second-order valence-corrected chi connectivity index (χ2v) is 9.31. The number of ketones is 1. The van der Waals surface area contributed by atoms with Crippen LogP contribution in [0.25, 0.3) is 16.7 Å². The Kier molecular flexibility index (Phi) is 7.37. The number of Topliss-reactive ketones (excluding diaryl/α,β-unsaturated/α-hetero) is 1. The number of aliphatic hydroxyl groups excluding tert-OH is 1. The van der Waals surface area contributed by atoms with E-state index in [1.54, 1.807) is 50.6 Å². The molecule has 0 spiro atoms. The van der Waals surface area contributed by atoms with Crippen molar-refractivity contribution < 1.29 is 33.6 Å². The highest BCUT2D eigenvalue weighted by Crippen LogP contribution is 2.41. The molecule has 206 valence electrons. The van der Waals surface area contributed by atoms with Gasteiger partial charge >= 0.3 is 0 Å². The molecule has 1 atom stereocenters. The highest BCUT2D eigenvalue weighted by Gasteiger charge is 2.46. The third-order valence-electron chi connectivity index (χ3n) is 7.20. The summed E-state index contributed by atoms with van der Waals surface area (Å²) in [4.78, 5) is 31.7. The molecule has 4 aromatic rings. The fourth-order valence-electron chi connectivity index (χ4n) is 5.14. The summed E-state index contributed by atoms with van der Waals surface area (Å²) in [5, 5.41) is 12.4. The number of carbonyl (C=O) groups is 2. The molecule has 2 N–H and O–H groups in total. The highest BCUT2D eigenvalue weighted by molar-refractivity contribution is 6.46. The number of aromatic amines is 1. The van der Waals surface area contributed by atoms with Crippen molar-refractivity contribution in [1.82, 2.24) is 9.88 Å². The predicted octanol–water partition coefficient (Wildman–Crippen LogP) is 4.87. The smallest absolute Gasteiger partial charge is 0.295 e. The summed E-state index contributed by atoms with van der Waals surface area (Å²) >= 11 is 0. The Morgan fingerprint density at radius 2 is 1.62 bits per heavy atom. The van der Waals surface area contributed by atoms with Gasteiger partial charge in [0.1, 0.15) is 17.3 Å². The lowest BCUT2D eigenvalue weighted by molar-refractivity contribution is -0.139. The van der Waals surface area contributed by atoms with Crippen LogP contribution in [0.1, 0.15) is 22.7 Å². The van der Waals surface area contributed by atoms with Gasteiger partial charge in [0.05, 0.1) is 40.1 Å². The number of amides is 1. The first-order valence-electron chi connectivity index (χ1n) is 12.7. The van der Waals surface area contributed by atoms with E-state index in [1.165, 1.54) is 19.1 Å². The summed E-state index contributed by atoms with van der Waals surface area (Å²) in [7, 11) is 6.15. The van der Waals surface area contributed by atoms with Gasteiger partial charge in [0.15, 0.2) is 11.5 Å². The first kappa shape index (κ1) is 26.7. The summed E-state index contributed by atoms with van der Waals surface area (Å²) < 4.78 is 21.5. The van der Waals surface area contributed by atoms with Gasteiger partial charge in [0, 0.05) is 29.2 Å². The molecular formula is C31H30N2O7. The molecule has 0 aliphatic carbocycles. The Morgan fingerprint density at radius 1 is 0.875 bits per heavy atom. The van der Waals surface area contributed by atoms with Crippen molar-refractivity contribution in [2.24, 2.45) is 0 Å². The third-order valence-corrected chi connectivity index (χ3v) is 7.20. The number of hydrogen-bond acceptors (Lipinski definition) is 7. The Labute approximate surface area is 231 Å². The van der Waals surface area contributed by atoms with Gasteiger partial charge < -0.3 is 33.9 Å². The molecule has 40 heavy (non-hydrogen) atoms. The number of nitrogens with zero attached hydrogens (tertiary/aromatic N) is 1. The summed E-state index contributed by atoms with van der Waals surface area (Å²) in [5.41, 5.74) is 2.87. The second-order valence-electron chi connectivity index (χ2n) is 9.31. The Morgan fingerprint density at radius 3 is 2.35 bits per heavy atom. The van der Waals surface area contributed by atoms with Crippen molar-refractivity contribution in [1.29, 1.82) is 0 Å². The summed E-state index contributed by atoms with van der Waals surface area (Å²) in [6.07, 6.45) is 2.36. The molecule has 1 fully saturated rings. The van der Waals surface area contributed by atoms with Crippen LogP contribution in [-0.2, 0) is 16.0 Å². The van der Waals surface area contributed by atoms with Crippen LogP contribution >= 0.6 is 0 Å². The number of rotatable bonds is 9. The van der Waals surface area contributed by atoms with Crippen LogP contribution in [0.4, 0.5) is 0 Å². The molecule has 0 saturated carbocycles. The third kappa shape index (κ3) is 4.70. The molecule has 1 saturated heterocycles. The van der Waals surface area contributed by atoms with E-state index >= 15 is 0 Å². The van der Waals surface area contributed by atoms with Gasteiger partial charge in [-0.1, -0.05) is 12.1 Å². The molecule has 1 aliphatic heterocycles. The maximum Gasteiger partial charge on any atom is 0.295 e. The first-order chi connectivity index (χ1) is 19.4. The Hall–Kier alpha value is -4.92. The van der Waals surface area contributed by atoms with E-state index in [0.717, 1.165) is 22.2 Å². The topological polar surface area (TPSA) is 110 Å². The minimum absolute atomic E-state index is 0.00827. The number of likely N-dealkylation sites (tertiary alicyclic amines) is 1. The van der Waals surface area contributed by atoms with Gasteiger partial charge in [-0.15, -0.1) is 0 Å². The standard InChI is InChI=1S/C31H30N2O7/c1-37-21-7-5-6-18(14-21)28-27(29(34)19-8-11-25(39-3)26(15-19)40-4)30(35)31(36)33(28)13-12-20-17-32-24-10-9-22(38-2)16-23(20)24/h5-11,14-17,28,32,34H,12-13H2,1-4H3/t28-/m0/s1. The van der Waals surface area contributed by atoms with Gasteiger partial charge in [-0.2, -0.15) is 0 Å². The van der Waals surface area contributed by atoms with Gasteiger partial charge in [-0.25, -0.2) is 0 Å². The number of hydrogen-bond donors (Lipinski definition) is 2. The lowest BCUT2D eigenvalue weighted by atomic mass is 9.95. The quantitative estimate of drug-likeness (QED) is 0.176. The van der Waals surface area contributed by atoms with E-state index in [4.69, 9.17) is 18.9 Å². The molecule has 3 aromatic carbocycles. The number of methoxy groups -OCH3 is 4. The number of H-pyrrole nitrogens is 1.